The molecule has 1 aromatic carbocycles. The third-order valence-corrected chi connectivity index (χ3v) is 6.36. The number of pyridine rings is 1. The molecule has 0 aliphatic carbocycles. The Bertz CT molecular complexity index is 1050. The van der Waals surface area contributed by atoms with Crippen LogP contribution >= 0.6 is 0 Å². The number of rotatable bonds is 6. The zero-order valence-electron chi connectivity index (χ0n) is 16.3. The molecule has 1 aromatic heterocycles. The second kappa shape index (κ2) is 9.90. The monoisotopic (exact) mass is 454 g/mol. The second-order valence-corrected chi connectivity index (χ2v) is 8.48. The van der Waals surface area contributed by atoms with E-state index < -0.39 is 44.6 Å². The average molecular weight is 454 g/mol. The molecule has 1 saturated heterocycles. The first kappa shape index (κ1) is 22.7. The molecule has 0 saturated carbocycles. The van der Waals surface area contributed by atoms with Crippen LogP contribution in [0.4, 0.5) is 8.78 Å². The summed E-state index contributed by atoms with van der Waals surface area (Å²) in [7, 11) is -4.44. The summed E-state index contributed by atoms with van der Waals surface area (Å²) < 4.78 is 59.5. The van der Waals surface area contributed by atoms with Crippen molar-refractivity contribution >= 4 is 21.8 Å². The first-order valence-corrected chi connectivity index (χ1v) is 10.8. The molecule has 1 atom stereocenters. The molecule has 2 heterocycles. The van der Waals surface area contributed by atoms with Crippen LogP contribution in [0.15, 0.2) is 47.6 Å². The predicted octanol–water partition coefficient (Wildman–Crippen LogP) is 0.530. The Morgan fingerprint density at radius 1 is 1.19 bits per heavy atom. The summed E-state index contributed by atoms with van der Waals surface area (Å²) in [5, 5.41) is 4.71. The van der Waals surface area contributed by atoms with E-state index in [4.69, 9.17) is 4.74 Å². The standard InChI is InChI=1S/C19H20F2N4O5S/c20-14-4-5-15(21)16(9-14)31(28,29)25-7-2-8-30-17(25)12-24-19(27)18(26)23-11-13-3-1-6-22-10-13/h1,3-6,9-10,17H,2,7-8,11-12H2,(H,23,26)(H,24,27)/t17-/m1/s1. The molecular weight excluding hydrogens is 434 g/mol. The number of aromatic nitrogens is 1. The summed E-state index contributed by atoms with van der Waals surface area (Å²) in [6.45, 7) is -0.0912. The number of benzene rings is 1. The van der Waals surface area contributed by atoms with Crippen molar-refractivity contribution in [2.24, 2.45) is 0 Å². The van der Waals surface area contributed by atoms with Gasteiger partial charge < -0.3 is 15.4 Å². The molecule has 0 spiro atoms. The highest BCUT2D eigenvalue weighted by Crippen LogP contribution is 2.24. The van der Waals surface area contributed by atoms with Gasteiger partial charge in [0.05, 0.1) is 13.2 Å². The van der Waals surface area contributed by atoms with E-state index in [1.807, 2.05) is 0 Å². The molecule has 1 fully saturated rings. The maximum atomic E-state index is 14.1. The second-order valence-electron chi connectivity index (χ2n) is 6.62. The Kier molecular flexibility index (Phi) is 7.25. The van der Waals surface area contributed by atoms with Crippen molar-refractivity contribution < 1.29 is 31.5 Å². The van der Waals surface area contributed by atoms with Gasteiger partial charge in [-0.25, -0.2) is 17.2 Å². The lowest BCUT2D eigenvalue weighted by Gasteiger charge is -2.34. The molecule has 3 rings (SSSR count). The topological polar surface area (TPSA) is 118 Å². The third kappa shape index (κ3) is 5.60. The zero-order chi connectivity index (χ0) is 22.4. The van der Waals surface area contributed by atoms with E-state index in [1.165, 1.54) is 6.20 Å². The van der Waals surface area contributed by atoms with Gasteiger partial charge in [0.25, 0.3) is 0 Å². The highest BCUT2D eigenvalue weighted by molar-refractivity contribution is 7.89. The van der Waals surface area contributed by atoms with E-state index in [2.05, 4.69) is 15.6 Å². The Hall–Kier alpha value is -2.96. The van der Waals surface area contributed by atoms with Gasteiger partial charge in [0.15, 0.2) is 0 Å². The minimum absolute atomic E-state index is 0.0218. The lowest BCUT2D eigenvalue weighted by Crippen LogP contribution is -2.53. The number of sulfonamides is 1. The van der Waals surface area contributed by atoms with E-state index >= 15 is 0 Å². The highest BCUT2D eigenvalue weighted by Gasteiger charge is 2.36. The summed E-state index contributed by atoms with van der Waals surface area (Å²) in [5.74, 6) is -3.94. The van der Waals surface area contributed by atoms with Crippen LogP contribution in [0.25, 0.3) is 0 Å². The Morgan fingerprint density at radius 2 is 1.97 bits per heavy atom. The van der Waals surface area contributed by atoms with E-state index in [-0.39, 0.29) is 26.2 Å². The molecule has 2 aromatic rings. The van der Waals surface area contributed by atoms with Gasteiger partial charge in [0, 0.05) is 25.5 Å². The number of hydrogen-bond acceptors (Lipinski definition) is 6. The van der Waals surface area contributed by atoms with Gasteiger partial charge in [-0.3, -0.25) is 14.6 Å². The quantitative estimate of drug-likeness (QED) is 0.615. The summed E-state index contributed by atoms with van der Waals surface area (Å²) in [4.78, 5) is 27.1. The number of hydrogen-bond donors (Lipinski definition) is 2. The van der Waals surface area contributed by atoms with Crippen LogP contribution in [0.1, 0.15) is 12.0 Å². The lowest BCUT2D eigenvalue weighted by atomic mass is 10.3. The number of amides is 2. The van der Waals surface area contributed by atoms with Crippen LogP contribution in [0.3, 0.4) is 0 Å². The SMILES string of the molecule is O=C(NCc1cccnc1)C(=O)NC[C@H]1OCCCN1S(=O)(=O)c1cc(F)ccc1F. The minimum atomic E-state index is -4.44. The molecule has 2 amide bonds. The Morgan fingerprint density at radius 3 is 2.71 bits per heavy atom. The molecule has 166 valence electrons. The minimum Gasteiger partial charge on any atom is -0.360 e. The molecule has 31 heavy (non-hydrogen) atoms. The van der Waals surface area contributed by atoms with Crippen LogP contribution < -0.4 is 10.6 Å². The van der Waals surface area contributed by atoms with Crippen molar-refractivity contribution in [1.82, 2.24) is 19.9 Å². The van der Waals surface area contributed by atoms with Crippen molar-refractivity contribution in [3.63, 3.8) is 0 Å². The maximum Gasteiger partial charge on any atom is 0.309 e. The largest absolute Gasteiger partial charge is 0.360 e. The van der Waals surface area contributed by atoms with Crippen LogP contribution in [0.5, 0.6) is 0 Å². The summed E-state index contributed by atoms with van der Waals surface area (Å²) in [5.41, 5.74) is 0.689. The van der Waals surface area contributed by atoms with Gasteiger partial charge >= 0.3 is 11.8 Å². The van der Waals surface area contributed by atoms with E-state index in [0.29, 0.717) is 18.1 Å². The van der Waals surface area contributed by atoms with Gasteiger partial charge in [-0.05, 0) is 36.2 Å². The summed E-state index contributed by atoms with van der Waals surface area (Å²) in [6.07, 6.45) is 2.24. The summed E-state index contributed by atoms with van der Waals surface area (Å²) in [6, 6.07) is 5.51. The fourth-order valence-electron chi connectivity index (χ4n) is 2.93. The Balaban J connectivity index is 1.63. The number of nitrogens with one attached hydrogen (secondary N) is 2. The van der Waals surface area contributed by atoms with Gasteiger partial charge in [-0.1, -0.05) is 6.07 Å². The van der Waals surface area contributed by atoms with Crippen molar-refractivity contribution in [3.8, 4) is 0 Å². The van der Waals surface area contributed by atoms with Crippen LogP contribution in [-0.4, -0.2) is 55.4 Å². The molecule has 2 N–H and O–H groups in total. The van der Waals surface area contributed by atoms with Crippen molar-refractivity contribution in [3.05, 3.63) is 59.9 Å². The molecule has 1 aliphatic heterocycles. The van der Waals surface area contributed by atoms with Crippen LogP contribution in [0.2, 0.25) is 0 Å². The van der Waals surface area contributed by atoms with Gasteiger partial charge in [-0.15, -0.1) is 0 Å². The fourth-order valence-corrected chi connectivity index (χ4v) is 4.57. The molecule has 0 bridgehead atoms. The predicted molar refractivity (Wildman–Crippen MR) is 104 cm³/mol. The normalized spacial score (nSPS) is 17.2. The van der Waals surface area contributed by atoms with Crippen molar-refractivity contribution in [2.75, 3.05) is 19.7 Å². The number of halogens is 2. The van der Waals surface area contributed by atoms with Crippen molar-refractivity contribution in [2.45, 2.75) is 24.1 Å². The third-order valence-electron chi connectivity index (χ3n) is 4.45. The van der Waals surface area contributed by atoms with E-state index in [9.17, 15) is 26.8 Å². The zero-order valence-corrected chi connectivity index (χ0v) is 17.1. The molecule has 1 aliphatic rings. The van der Waals surface area contributed by atoms with Gasteiger partial charge in [0.1, 0.15) is 22.8 Å². The number of ether oxygens (including phenoxy) is 1. The van der Waals surface area contributed by atoms with Crippen LogP contribution in [0, 0.1) is 11.6 Å². The molecule has 12 heteroatoms. The maximum absolute atomic E-state index is 14.1. The smallest absolute Gasteiger partial charge is 0.309 e. The Labute approximate surface area is 177 Å². The molecule has 9 nitrogen and oxygen atoms in total. The van der Waals surface area contributed by atoms with Crippen molar-refractivity contribution in [1.29, 1.82) is 0 Å². The fraction of sp³-hybridized carbons (Fsp3) is 0.316. The number of carbonyl (C=O) groups excluding carboxylic acids is 2. The number of carbonyl (C=O) groups is 2. The van der Waals surface area contributed by atoms with E-state index in [1.54, 1.807) is 18.3 Å². The lowest BCUT2D eigenvalue weighted by molar-refractivity contribution is -0.140. The van der Waals surface area contributed by atoms with Crippen LogP contribution in [-0.2, 0) is 30.9 Å². The number of nitrogens with zero attached hydrogens (tertiary/aromatic N) is 2. The average Bonchev–Trinajstić information content (AvgIpc) is 2.78. The first-order valence-electron chi connectivity index (χ1n) is 9.32. The highest BCUT2D eigenvalue weighted by atomic mass is 32.2. The molecule has 0 radical (unpaired) electrons. The molecular formula is C19H20F2N4O5S. The van der Waals surface area contributed by atoms with Gasteiger partial charge in [-0.2, -0.15) is 4.31 Å². The van der Waals surface area contributed by atoms with E-state index in [0.717, 1.165) is 16.4 Å². The summed E-state index contributed by atoms with van der Waals surface area (Å²) >= 11 is 0. The first-order chi connectivity index (χ1) is 14.8. The molecule has 0 unspecified atom stereocenters. The van der Waals surface area contributed by atoms with Gasteiger partial charge in [0.2, 0.25) is 10.0 Å².